The number of nitrogens with one attached hydrogen (secondary N) is 1. The lowest BCUT2D eigenvalue weighted by Gasteiger charge is -2.31. The van der Waals surface area contributed by atoms with E-state index in [0.29, 0.717) is 0 Å². The Morgan fingerprint density at radius 2 is 2.33 bits per heavy atom. The normalized spacial score (nSPS) is 47.5. The summed E-state index contributed by atoms with van der Waals surface area (Å²) in [5.41, 5.74) is 0. The van der Waals surface area contributed by atoms with Gasteiger partial charge in [-0.25, -0.2) is 0 Å². The van der Waals surface area contributed by atoms with Crippen LogP contribution in [0.5, 0.6) is 0 Å². The molecule has 0 spiro atoms. The van der Waals surface area contributed by atoms with Crippen LogP contribution >= 0.6 is 0 Å². The molecule has 0 radical (unpaired) electrons. The summed E-state index contributed by atoms with van der Waals surface area (Å²) in [5, 5.41) is 3.48. The van der Waals surface area contributed by atoms with Crippen LogP contribution < -0.4 is 5.32 Å². The van der Waals surface area contributed by atoms with Gasteiger partial charge in [-0.1, -0.05) is 0 Å². The molecule has 68 valence electrons. The number of rotatable bonds is 0. The lowest BCUT2D eigenvalue weighted by Crippen LogP contribution is -2.44. The van der Waals surface area contributed by atoms with Gasteiger partial charge in [-0.3, -0.25) is 4.90 Å². The van der Waals surface area contributed by atoms with E-state index in [1.807, 2.05) is 0 Å². The van der Waals surface area contributed by atoms with Crippen molar-refractivity contribution in [3.8, 4) is 0 Å². The van der Waals surface area contributed by atoms with Crippen LogP contribution in [0.3, 0.4) is 0 Å². The maximum absolute atomic E-state index is 5.52. The second-order valence-corrected chi connectivity index (χ2v) is 4.22. The van der Waals surface area contributed by atoms with Gasteiger partial charge in [0, 0.05) is 19.1 Å². The molecule has 0 aliphatic carbocycles. The summed E-state index contributed by atoms with van der Waals surface area (Å²) in [7, 11) is 0. The predicted molar refractivity (Wildman–Crippen MR) is 46.0 cm³/mol. The number of nitrogens with zero attached hydrogens (tertiary/aromatic N) is 1. The first kappa shape index (κ1) is 7.30. The molecule has 3 aliphatic rings. The van der Waals surface area contributed by atoms with E-state index in [9.17, 15) is 0 Å². The highest BCUT2D eigenvalue weighted by atomic mass is 16.5. The van der Waals surface area contributed by atoms with E-state index >= 15 is 0 Å². The largest absolute Gasteiger partial charge is 0.378 e. The van der Waals surface area contributed by atoms with Crippen molar-refractivity contribution in [3.63, 3.8) is 0 Å². The number of morpholine rings is 1. The smallest absolute Gasteiger partial charge is 0.0625 e. The van der Waals surface area contributed by atoms with Crippen LogP contribution in [0.25, 0.3) is 0 Å². The molecule has 12 heavy (non-hydrogen) atoms. The number of fused-ring (bicyclic) bond motifs is 3. The fourth-order valence-corrected chi connectivity index (χ4v) is 2.98. The molecule has 0 aromatic heterocycles. The minimum atomic E-state index is 0.735. The summed E-state index contributed by atoms with van der Waals surface area (Å²) in [6.07, 6.45) is 0. The molecule has 3 heterocycles. The summed E-state index contributed by atoms with van der Waals surface area (Å²) in [6, 6.07) is 0.735. The SMILES string of the molecule is C1CN2C[C@@H]3CNC[C@@H]3[C@H]2CO1. The first-order valence-corrected chi connectivity index (χ1v) is 4.97. The molecule has 3 heteroatoms. The number of ether oxygens (including phenoxy) is 1. The zero-order chi connectivity index (χ0) is 7.97. The highest BCUT2D eigenvalue weighted by molar-refractivity contribution is 4.99. The van der Waals surface area contributed by atoms with Gasteiger partial charge in [-0.2, -0.15) is 0 Å². The molecule has 3 atom stereocenters. The highest BCUT2D eigenvalue weighted by Crippen LogP contribution is 2.33. The molecule has 3 fully saturated rings. The van der Waals surface area contributed by atoms with Gasteiger partial charge in [0.1, 0.15) is 0 Å². The molecule has 1 N–H and O–H groups in total. The molecule has 0 unspecified atom stereocenters. The fourth-order valence-electron chi connectivity index (χ4n) is 2.98. The van der Waals surface area contributed by atoms with E-state index < -0.39 is 0 Å². The average Bonchev–Trinajstić information content (AvgIpc) is 2.62. The molecule has 0 saturated carbocycles. The highest BCUT2D eigenvalue weighted by Gasteiger charge is 2.44. The summed E-state index contributed by atoms with van der Waals surface area (Å²) in [5.74, 6) is 1.79. The molecule has 3 aliphatic heterocycles. The van der Waals surface area contributed by atoms with E-state index in [1.165, 1.54) is 19.6 Å². The first-order valence-electron chi connectivity index (χ1n) is 4.97. The standard InChI is InChI=1S/C9H16N2O/c1-2-12-6-9-8-4-10-3-7(8)5-11(1)9/h7-10H,1-6H2/t7-,8-,9+/m0/s1. The molecule has 0 bridgehead atoms. The molecule has 3 rings (SSSR count). The van der Waals surface area contributed by atoms with Crippen molar-refractivity contribution in [3.05, 3.63) is 0 Å². The average molecular weight is 168 g/mol. The van der Waals surface area contributed by atoms with Crippen molar-refractivity contribution >= 4 is 0 Å². The predicted octanol–water partition coefficient (Wildman–Crippen LogP) is -0.464. The Hall–Kier alpha value is -0.120. The molecular formula is C9H16N2O. The first-order chi connectivity index (χ1) is 5.95. The Balaban J connectivity index is 1.79. The van der Waals surface area contributed by atoms with E-state index in [2.05, 4.69) is 10.2 Å². The zero-order valence-electron chi connectivity index (χ0n) is 7.33. The zero-order valence-corrected chi connectivity index (χ0v) is 7.33. The third kappa shape index (κ3) is 0.934. The van der Waals surface area contributed by atoms with Gasteiger partial charge in [-0.15, -0.1) is 0 Å². The van der Waals surface area contributed by atoms with Crippen LogP contribution in [0.1, 0.15) is 0 Å². The third-order valence-corrected chi connectivity index (χ3v) is 3.64. The second kappa shape index (κ2) is 2.69. The molecule has 0 aromatic rings. The third-order valence-electron chi connectivity index (χ3n) is 3.64. The minimum absolute atomic E-state index is 0.735. The van der Waals surface area contributed by atoms with Gasteiger partial charge in [0.25, 0.3) is 0 Å². The Bertz CT molecular complexity index is 185. The molecule has 3 nitrogen and oxygen atoms in total. The van der Waals surface area contributed by atoms with Gasteiger partial charge in [0.2, 0.25) is 0 Å². The number of hydrogen-bond donors (Lipinski definition) is 1. The van der Waals surface area contributed by atoms with Gasteiger partial charge in [0.15, 0.2) is 0 Å². The van der Waals surface area contributed by atoms with E-state index in [-0.39, 0.29) is 0 Å². The molecular weight excluding hydrogens is 152 g/mol. The van der Waals surface area contributed by atoms with Crippen LogP contribution in [-0.4, -0.2) is 50.3 Å². The van der Waals surface area contributed by atoms with Gasteiger partial charge in [0.05, 0.1) is 13.2 Å². The molecule has 0 amide bonds. The summed E-state index contributed by atoms with van der Waals surface area (Å²) < 4.78 is 5.52. The summed E-state index contributed by atoms with van der Waals surface area (Å²) >= 11 is 0. The fraction of sp³-hybridized carbons (Fsp3) is 1.00. The van der Waals surface area contributed by atoms with E-state index in [1.54, 1.807) is 0 Å². The van der Waals surface area contributed by atoms with Crippen LogP contribution in [-0.2, 0) is 4.74 Å². The summed E-state index contributed by atoms with van der Waals surface area (Å²) in [6.45, 7) is 6.85. The second-order valence-electron chi connectivity index (χ2n) is 4.22. The lowest BCUT2D eigenvalue weighted by molar-refractivity contribution is 0.00132. The van der Waals surface area contributed by atoms with E-state index in [0.717, 1.165) is 37.6 Å². The van der Waals surface area contributed by atoms with Crippen LogP contribution in [0, 0.1) is 11.8 Å². The van der Waals surface area contributed by atoms with Crippen LogP contribution in [0.2, 0.25) is 0 Å². The minimum Gasteiger partial charge on any atom is -0.378 e. The van der Waals surface area contributed by atoms with Crippen molar-refractivity contribution in [2.75, 3.05) is 39.4 Å². The maximum Gasteiger partial charge on any atom is 0.0625 e. The Labute approximate surface area is 73.1 Å². The maximum atomic E-state index is 5.52. The van der Waals surface area contributed by atoms with Crippen molar-refractivity contribution in [1.82, 2.24) is 10.2 Å². The monoisotopic (exact) mass is 168 g/mol. The number of hydrogen-bond acceptors (Lipinski definition) is 3. The Morgan fingerprint density at radius 1 is 1.33 bits per heavy atom. The van der Waals surface area contributed by atoms with Crippen molar-refractivity contribution in [1.29, 1.82) is 0 Å². The topological polar surface area (TPSA) is 24.5 Å². The van der Waals surface area contributed by atoms with Gasteiger partial charge < -0.3 is 10.1 Å². The lowest BCUT2D eigenvalue weighted by atomic mass is 9.94. The molecule has 3 saturated heterocycles. The summed E-state index contributed by atoms with van der Waals surface area (Å²) in [4.78, 5) is 2.62. The van der Waals surface area contributed by atoms with Crippen LogP contribution in [0.4, 0.5) is 0 Å². The van der Waals surface area contributed by atoms with Crippen molar-refractivity contribution in [2.45, 2.75) is 6.04 Å². The van der Waals surface area contributed by atoms with E-state index in [4.69, 9.17) is 4.74 Å². The Kier molecular flexibility index (Phi) is 1.63. The van der Waals surface area contributed by atoms with Gasteiger partial charge in [-0.05, 0) is 24.9 Å². The molecule has 0 aromatic carbocycles. The van der Waals surface area contributed by atoms with Crippen molar-refractivity contribution in [2.24, 2.45) is 11.8 Å². The van der Waals surface area contributed by atoms with Crippen LogP contribution in [0.15, 0.2) is 0 Å². The quantitative estimate of drug-likeness (QED) is 0.529. The van der Waals surface area contributed by atoms with Crippen molar-refractivity contribution < 1.29 is 4.74 Å². The Morgan fingerprint density at radius 3 is 3.33 bits per heavy atom. The van der Waals surface area contributed by atoms with Gasteiger partial charge >= 0.3 is 0 Å².